The number of nitrogens with one attached hydrogen (secondary N) is 2. The van der Waals surface area contributed by atoms with Crippen LogP contribution >= 0.6 is 7.82 Å². The zero-order chi connectivity index (χ0) is 92.0. The van der Waals surface area contributed by atoms with Crippen molar-refractivity contribution in [3.8, 4) is 22.5 Å². The molecule has 8 bridgehead atoms. The fraction of sp³-hybridized carbons (Fsp3) is 0.500. The fourth-order valence-corrected chi connectivity index (χ4v) is 20.5. The van der Waals surface area contributed by atoms with Crippen LogP contribution in [0.1, 0.15) is 177 Å². The second-order valence-electron chi connectivity index (χ2n) is 35.8. The Morgan fingerprint density at radius 3 is 2.01 bits per heavy atom. The van der Waals surface area contributed by atoms with E-state index in [1.807, 2.05) is 155 Å². The number of benzene rings is 4. The number of phosphoric ester groups is 1. The third kappa shape index (κ3) is 19.4. The number of hydrogen-bond acceptors (Lipinski definition) is 23. The van der Waals surface area contributed by atoms with E-state index in [0.717, 1.165) is 33.1 Å². The molecule has 7 aliphatic heterocycles. The summed E-state index contributed by atoms with van der Waals surface area (Å²) < 4.78 is 40.2. The number of hydrogen-bond donors (Lipinski definition) is 10. The van der Waals surface area contributed by atoms with Crippen molar-refractivity contribution in [2.45, 2.75) is 195 Å². The number of ether oxygens (including phenoxy) is 1. The number of aliphatic imine (C=N–C) groups is 3. The van der Waals surface area contributed by atoms with E-state index in [1.54, 1.807) is 13.0 Å². The second-order valence-corrected chi connectivity index (χ2v) is 37.1. The molecule has 2 fully saturated rings. The standard InChI is InChI=1S/C62H90N13O14P.C28H29N3O4.Co/c1-29-20-39-40(21-30(29)2)75(28-70-39)57-52(84)53(41(27-76)87-57)89-90(85,86)88-31(3)26-69-49(83)18-19-59(8)37(22-46(66)80)56-62(11)61(10,25-48(68)82)36(14-17-45(65)79)51(74-62)33(5)55-60(9,24-47(67)81)34(12-15-43(63)77)38(71-55)23-42-58(6,7)35(13-16-44(64)78)50(72-42)32(4)54(59)73-56;1-6-13-29-27(32)17-7-10-20(28(33)34)23(14-17)26-21-11-8-18(30(2)3)15-24(21)35-25-16-19(31(4)5)9-12-22(25)26;/h20-21,23,28,31,34-37,41,52-53,56-57,76,84H,12-19,22,24-27H2,1-11H3,(H15,63,64,65,66,67,68,69,71,72,73,74,77,78,79,80,81,82,83,85,86);7-12,14-16H,1,6,13H2,2-5H3,(H,29,32)(H,33,34);/q;;+3/p-3/t31-,34-,35-,36-,37+,41-,52-,53-,56-,57+,59-,60+,61+,62+;;/m1../s1. The van der Waals surface area contributed by atoms with E-state index in [9.17, 15) is 67.9 Å². The van der Waals surface area contributed by atoms with Crippen molar-refractivity contribution in [1.82, 2.24) is 24.8 Å². The topological polar surface area (TPSA) is 554 Å². The Labute approximate surface area is 742 Å². The summed E-state index contributed by atoms with van der Waals surface area (Å²) in [6.07, 6.45) is -4.24. The predicted octanol–water partition coefficient (Wildman–Crippen LogP) is 5.93. The molecule has 1 unspecified atom stereocenters. The van der Waals surface area contributed by atoms with Crippen LogP contribution in [0.5, 0.6) is 0 Å². The van der Waals surface area contributed by atoms with Crippen molar-refractivity contribution in [3.63, 3.8) is 0 Å². The molecule has 8 aliphatic rings. The van der Waals surface area contributed by atoms with Crippen LogP contribution in [0.2, 0.25) is 0 Å². The van der Waals surface area contributed by atoms with Gasteiger partial charge in [0.05, 0.1) is 53.3 Å². The monoisotopic (exact) mass is 1800 g/mol. The number of nitrogens with zero attached hydrogens (tertiary/aromatic N) is 8. The molecule has 4 aromatic rings. The summed E-state index contributed by atoms with van der Waals surface area (Å²) in [5.74, 6) is -8.41. The van der Waals surface area contributed by atoms with Crippen molar-refractivity contribution >= 4 is 106 Å². The number of allylic oxidation sites excluding steroid dienone is 6. The molecule has 126 heavy (non-hydrogen) atoms. The Morgan fingerprint density at radius 2 is 1.40 bits per heavy atom. The first-order chi connectivity index (χ1) is 58.5. The number of aliphatic hydroxyl groups is 2. The fourth-order valence-electron chi connectivity index (χ4n) is 19.4. The molecule has 15 atom stereocenters. The molecule has 3 aromatic carbocycles. The molecule has 1 aromatic heterocycles. The number of carbonyl (C=O) groups is 9. The van der Waals surface area contributed by atoms with E-state index in [0.29, 0.717) is 97.4 Å². The van der Waals surface area contributed by atoms with Crippen molar-refractivity contribution in [1.29, 1.82) is 0 Å². The van der Waals surface area contributed by atoms with Gasteiger partial charge in [-0.3, -0.25) is 57.9 Å². The van der Waals surface area contributed by atoms with Gasteiger partial charge in [0.15, 0.2) is 6.23 Å². The van der Waals surface area contributed by atoms with E-state index in [1.165, 1.54) is 30.0 Å². The number of aryl methyl sites for hydroxylation is 2. The molecule has 0 saturated carbocycles. The largest absolute Gasteiger partial charge is 3.00 e. The molecule has 2 saturated heterocycles. The number of carbonyl (C=O) groups excluding carboxylic acids is 9. The van der Waals surface area contributed by atoms with Crippen LogP contribution in [0.4, 0.5) is 5.69 Å². The Bertz CT molecular complexity index is 5650. The summed E-state index contributed by atoms with van der Waals surface area (Å²) in [6, 6.07) is 18.8. The van der Waals surface area contributed by atoms with Gasteiger partial charge in [-0.05, 0) is 161 Å². The number of primary amides is 6. The van der Waals surface area contributed by atoms with Gasteiger partial charge < -0.3 is 110 Å². The Morgan fingerprint density at radius 1 is 0.762 bits per heavy atom. The molecule has 0 radical (unpaired) electrons. The normalized spacial score (nSPS) is 27.5. The smallest absolute Gasteiger partial charge is 0.756 e. The number of anilines is 1. The van der Waals surface area contributed by atoms with Gasteiger partial charge in [0.1, 0.15) is 43.8 Å². The van der Waals surface area contributed by atoms with E-state index in [-0.39, 0.29) is 105 Å². The molecule has 8 amide bonds. The summed E-state index contributed by atoms with van der Waals surface area (Å²) in [7, 11) is 2.44. The number of aromatic carboxylic acids is 1. The van der Waals surface area contributed by atoms with E-state index < -0.39 is 149 Å². The molecule has 16 N–H and O–H groups in total. The van der Waals surface area contributed by atoms with Crippen LogP contribution < -0.4 is 69.9 Å². The van der Waals surface area contributed by atoms with Gasteiger partial charge in [-0.1, -0.05) is 46.7 Å². The number of imidazole rings is 1. The summed E-state index contributed by atoms with van der Waals surface area (Å²) in [6.45, 7) is 23.1. The average Bonchev–Trinajstić information content (AvgIpc) is 1.52. The van der Waals surface area contributed by atoms with Gasteiger partial charge >= 0.3 is 16.8 Å². The number of aliphatic hydroxyl groups excluding tert-OH is 2. The van der Waals surface area contributed by atoms with Gasteiger partial charge in [0.2, 0.25) is 46.7 Å². The van der Waals surface area contributed by atoms with Gasteiger partial charge in [-0.15, -0.1) is 0 Å². The molecule has 34 nitrogen and oxygen atoms in total. The summed E-state index contributed by atoms with van der Waals surface area (Å²) in [5, 5.41) is 46.7. The number of amides is 8. The molecule has 36 heteroatoms. The molecule has 8 heterocycles. The maximum Gasteiger partial charge on any atom is 3.00 e. The summed E-state index contributed by atoms with van der Waals surface area (Å²) in [4.78, 5) is 155. The van der Waals surface area contributed by atoms with Crippen LogP contribution in [-0.2, 0) is 68.7 Å². The number of carboxylic acids is 1. The predicted molar refractivity (Wildman–Crippen MR) is 468 cm³/mol. The number of carboxylic acid groups (broad SMARTS) is 1. The molecular weight excluding hydrogens is 1680 g/mol. The minimum Gasteiger partial charge on any atom is -0.756 e. The third-order valence-electron chi connectivity index (χ3n) is 26.4. The zero-order valence-electron chi connectivity index (χ0n) is 73.8. The molecule has 678 valence electrons. The first kappa shape index (κ1) is 97.6. The maximum atomic E-state index is 14.4. The van der Waals surface area contributed by atoms with Crippen molar-refractivity contribution in [3.05, 3.63) is 147 Å². The van der Waals surface area contributed by atoms with Crippen molar-refractivity contribution in [2.75, 3.05) is 52.8 Å². The third-order valence-corrected chi connectivity index (χ3v) is 27.6. The SMILES string of the molecule is C/C1=C2/[N-][C@H]([C@H](CC(N)=O)[C@@]2(C)CCC(=O)NC[C@@H](C)OP(=O)([O-])O[C@H]2[C@@H](O)[C@@H](n3cnc4cc(C)c(C)cc43)O[C@@H]2CO)[C@]2(C)N=C(/C(C)=C3N=C(/C=C4N=C1[C@@H](CCC(N)=O)C\4(C)C)[C@@H](CCC(N)=O)[C@]\3(C)CC(N)=O)[C@@H](CCC(N)=O)[C@]2(C)CC(N)=O.[CH2-]CCNC(=O)c1ccc(C(=O)[O-])c(-c2c3ccc(=[N+](C)C)cc-3oc3cc(N(C)C)ccc23)c1.[Co+3]. The van der Waals surface area contributed by atoms with Crippen molar-refractivity contribution < 1.29 is 103 Å². The van der Waals surface area contributed by atoms with E-state index >= 15 is 0 Å². The van der Waals surface area contributed by atoms with Crippen LogP contribution in [0.15, 0.2) is 127 Å². The molecular formula is C90H116CoN16O18P. The number of phosphoric acid groups is 1. The first-order valence-corrected chi connectivity index (χ1v) is 43.3. The van der Waals surface area contributed by atoms with Crippen LogP contribution in [0.25, 0.3) is 49.8 Å². The second kappa shape index (κ2) is 38.1. The van der Waals surface area contributed by atoms with Crippen LogP contribution in [0.3, 0.4) is 0 Å². The number of aromatic nitrogens is 2. The van der Waals surface area contributed by atoms with E-state index in [2.05, 4.69) is 22.5 Å². The van der Waals surface area contributed by atoms with E-state index in [4.69, 9.17) is 72.9 Å². The number of rotatable bonds is 32. The minimum atomic E-state index is -5.32. The summed E-state index contributed by atoms with van der Waals surface area (Å²) >= 11 is 0. The zero-order valence-corrected chi connectivity index (χ0v) is 75.8. The average molecular weight is 1800 g/mol. The van der Waals surface area contributed by atoms with Crippen molar-refractivity contribution in [2.24, 2.45) is 94.7 Å². The molecule has 1 aliphatic carbocycles. The molecule has 12 rings (SSSR count). The Balaban J connectivity index is 0.000000382. The van der Waals surface area contributed by atoms with Gasteiger partial charge in [-0.25, -0.2) is 9.56 Å². The minimum absolute atomic E-state index is 0. The Kier molecular flexibility index (Phi) is 29.5. The van der Waals surface area contributed by atoms with Gasteiger partial charge in [-0.2, -0.15) is 12.1 Å². The number of fused-ring (bicyclic) bond motifs is 9. The quantitative estimate of drug-likeness (QED) is 0.0101. The van der Waals surface area contributed by atoms with Crippen LogP contribution in [0, 0.1) is 66.1 Å². The summed E-state index contributed by atoms with van der Waals surface area (Å²) in [5.41, 5.74) is 40.4. The van der Waals surface area contributed by atoms with Gasteiger partial charge in [0.25, 0.3) is 13.7 Å². The number of nitrogens with two attached hydrogens (primary N) is 6. The molecule has 0 spiro atoms. The van der Waals surface area contributed by atoms with Gasteiger partial charge in [0, 0.05) is 168 Å². The Hall–Kier alpha value is -10.6. The van der Waals surface area contributed by atoms with Crippen LogP contribution in [-0.4, -0.2) is 174 Å². The first-order valence-electron chi connectivity index (χ1n) is 41.8. The maximum absolute atomic E-state index is 14.4.